The van der Waals surface area contributed by atoms with E-state index in [2.05, 4.69) is 20.3 Å². The number of anilines is 1. The van der Waals surface area contributed by atoms with Crippen LogP contribution in [0.15, 0.2) is 41.8 Å². The first-order valence-corrected chi connectivity index (χ1v) is 11.1. The van der Waals surface area contributed by atoms with Crippen molar-refractivity contribution in [2.24, 2.45) is 0 Å². The number of ether oxygens (including phenoxy) is 1. The van der Waals surface area contributed by atoms with Crippen LogP contribution in [0.25, 0.3) is 10.7 Å². The molecule has 31 heavy (non-hydrogen) atoms. The molecule has 1 aromatic carbocycles. The van der Waals surface area contributed by atoms with Gasteiger partial charge in [0, 0.05) is 13.1 Å². The molecule has 0 aliphatic carbocycles. The van der Waals surface area contributed by atoms with E-state index in [0.29, 0.717) is 30.4 Å². The van der Waals surface area contributed by atoms with Crippen LogP contribution in [0, 0.1) is 0 Å². The maximum atomic E-state index is 13.1. The smallest absolute Gasteiger partial charge is 0.251 e. The van der Waals surface area contributed by atoms with E-state index in [0.717, 1.165) is 17.7 Å². The van der Waals surface area contributed by atoms with Gasteiger partial charge in [-0.2, -0.15) is 4.80 Å². The Morgan fingerprint density at radius 3 is 2.65 bits per heavy atom. The number of amides is 2. The van der Waals surface area contributed by atoms with Crippen LogP contribution < -0.4 is 9.64 Å². The summed E-state index contributed by atoms with van der Waals surface area (Å²) in [5.41, 5.74) is 0.505. The number of thiophene rings is 1. The van der Waals surface area contributed by atoms with Gasteiger partial charge < -0.3 is 4.74 Å². The maximum Gasteiger partial charge on any atom is 0.251 e. The van der Waals surface area contributed by atoms with E-state index in [1.165, 1.54) is 12.0 Å². The van der Waals surface area contributed by atoms with Crippen molar-refractivity contribution in [3.05, 3.63) is 41.8 Å². The molecule has 10 heteroatoms. The first-order valence-electron chi connectivity index (χ1n) is 10.2. The molecular weight excluding hydrogens is 416 g/mol. The number of likely N-dealkylation sites (tertiary alicyclic amines) is 1. The highest BCUT2D eigenvalue weighted by molar-refractivity contribution is 7.13. The molecule has 1 atom stereocenters. The number of carbonyl (C=O) groups is 2. The Balaban J connectivity index is 1.26. The number of methoxy groups -OCH3 is 1. The number of para-hydroxylation sites is 2. The number of aromatic nitrogens is 4. The zero-order valence-electron chi connectivity index (χ0n) is 17.0. The molecule has 0 bridgehead atoms. The summed E-state index contributed by atoms with van der Waals surface area (Å²) in [6, 6.07) is 10.7. The second-order valence-corrected chi connectivity index (χ2v) is 8.58. The van der Waals surface area contributed by atoms with Gasteiger partial charge in [-0.3, -0.25) is 14.5 Å². The summed E-state index contributed by atoms with van der Waals surface area (Å²) in [7, 11) is 1.54. The predicted octanol–water partition coefficient (Wildman–Crippen LogP) is 2.38. The van der Waals surface area contributed by atoms with Crippen LogP contribution in [0.5, 0.6) is 5.75 Å². The molecule has 2 saturated heterocycles. The Kier molecular flexibility index (Phi) is 5.24. The molecule has 0 radical (unpaired) electrons. The van der Waals surface area contributed by atoms with Gasteiger partial charge in [0.1, 0.15) is 5.75 Å². The number of hydrogen-bond acceptors (Lipinski definition) is 8. The largest absolute Gasteiger partial charge is 0.495 e. The van der Waals surface area contributed by atoms with Crippen LogP contribution in [0.3, 0.4) is 0 Å². The monoisotopic (exact) mass is 438 g/mol. The first kappa shape index (κ1) is 19.8. The van der Waals surface area contributed by atoms with E-state index in [4.69, 9.17) is 4.74 Å². The third-order valence-corrected chi connectivity index (χ3v) is 6.75. The van der Waals surface area contributed by atoms with Gasteiger partial charge >= 0.3 is 0 Å². The molecule has 2 aromatic heterocycles. The van der Waals surface area contributed by atoms with E-state index in [1.807, 2.05) is 23.6 Å². The van der Waals surface area contributed by atoms with Crippen molar-refractivity contribution < 1.29 is 14.3 Å². The summed E-state index contributed by atoms with van der Waals surface area (Å²) in [5, 5.41) is 14.9. The SMILES string of the molecule is COc1ccccc1N1C(=O)C[C@H](N2CCC(n3nnc(-c4cccs4)n3)CC2)C1=O. The van der Waals surface area contributed by atoms with Gasteiger partial charge in [-0.1, -0.05) is 18.2 Å². The maximum absolute atomic E-state index is 13.1. The highest BCUT2D eigenvalue weighted by Gasteiger charge is 2.44. The number of imide groups is 1. The molecule has 2 amide bonds. The van der Waals surface area contributed by atoms with Crippen molar-refractivity contribution in [2.75, 3.05) is 25.1 Å². The number of nitrogens with zero attached hydrogens (tertiary/aromatic N) is 6. The van der Waals surface area contributed by atoms with E-state index in [9.17, 15) is 9.59 Å². The Morgan fingerprint density at radius 2 is 1.90 bits per heavy atom. The Labute approximate surface area is 183 Å². The highest BCUT2D eigenvalue weighted by Crippen LogP contribution is 2.34. The van der Waals surface area contributed by atoms with E-state index in [-0.39, 0.29) is 24.3 Å². The third-order valence-electron chi connectivity index (χ3n) is 5.89. The Hall–Kier alpha value is -3.11. The van der Waals surface area contributed by atoms with Crippen LogP contribution >= 0.6 is 11.3 Å². The molecule has 2 fully saturated rings. The van der Waals surface area contributed by atoms with Gasteiger partial charge in [0.15, 0.2) is 0 Å². The van der Waals surface area contributed by atoms with E-state index in [1.54, 1.807) is 34.3 Å². The molecule has 0 saturated carbocycles. The summed E-state index contributed by atoms with van der Waals surface area (Å²) in [6.45, 7) is 1.40. The molecule has 0 spiro atoms. The topological polar surface area (TPSA) is 93.4 Å². The second kappa shape index (κ2) is 8.20. The van der Waals surface area contributed by atoms with Crippen molar-refractivity contribution in [3.8, 4) is 16.5 Å². The van der Waals surface area contributed by atoms with Crippen LogP contribution in [0.4, 0.5) is 5.69 Å². The van der Waals surface area contributed by atoms with Crippen LogP contribution in [0.2, 0.25) is 0 Å². The molecular formula is C21H22N6O3S. The van der Waals surface area contributed by atoms with Gasteiger partial charge in [-0.15, -0.1) is 21.5 Å². The van der Waals surface area contributed by atoms with Crippen molar-refractivity contribution in [1.29, 1.82) is 0 Å². The molecule has 2 aliphatic rings. The van der Waals surface area contributed by atoms with Crippen molar-refractivity contribution in [2.45, 2.75) is 31.3 Å². The summed E-state index contributed by atoms with van der Waals surface area (Å²) >= 11 is 1.58. The zero-order chi connectivity index (χ0) is 21.4. The molecule has 0 unspecified atom stereocenters. The van der Waals surface area contributed by atoms with Crippen molar-refractivity contribution in [1.82, 2.24) is 25.1 Å². The summed E-state index contributed by atoms with van der Waals surface area (Å²) < 4.78 is 5.35. The quantitative estimate of drug-likeness (QED) is 0.565. The van der Waals surface area contributed by atoms with Crippen LogP contribution in [0.1, 0.15) is 25.3 Å². The Bertz CT molecular complexity index is 1090. The third kappa shape index (κ3) is 3.61. The normalized spacial score (nSPS) is 20.5. The van der Waals surface area contributed by atoms with Gasteiger partial charge in [-0.05, 0) is 41.6 Å². The van der Waals surface area contributed by atoms with Crippen LogP contribution in [-0.2, 0) is 9.59 Å². The lowest BCUT2D eigenvalue weighted by Crippen LogP contribution is -2.46. The van der Waals surface area contributed by atoms with Gasteiger partial charge in [-0.25, -0.2) is 4.90 Å². The number of piperidine rings is 1. The number of hydrogen-bond donors (Lipinski definition) is 0. The molecule has 0 N–H and O–H groups in total. The second-order valence-electron chi connectivity index (χ2n) is 7.64. The average Bonchev–Trinajstić information content (AvgIpc) is 3.54. The van der Waals surface area contributed by atoms with Crippen molar-refractivity contribution >= 4 is 28.8 Å². The molecule has 160 valence electrons. The van der Waals surface area contributed by atoms with Crippen molar-refractivity contribution in [3.63, 3.8) is 0 Å². The fourth-order valence-corrected chi connectivity index (χ4v) is 4.93. The molecule has 5 rings (SSSR count). The van der Waals surface area contributed by atoms with E-state index >= 15 is 0 Å². The lowest BCUT2D eigenvalue weighted by atomic mass is 10.0. The lowest BCUT2D eigenvalue weighted by molar-refractivity contribution is -0.123. The minimum Gasteiger partial charge on any atom is -0.495 e. The molecule has 3 aromatic rings. The predicted molar refractivity (Wildman–Crippen MR) is 115 cm³/mol. The lowest BCUT2D eigenvalue weighted by Gasteiger charge is -2.34. The number of rotatable bonds is 5. The van der Waals surface area contributed by atoms with Gasteiger partial charge in [0.2, 0.25) is 11.7 Å². The van der Waals surface area contributed by atoms with Gasteiger partial charge in [0.25, 0.3) is 5.91 Å². The fourth-order valence-electron chi connectivity index (χ4n) is 4.28. The van der Waals surface area contributed by atoms with Crippen LogP contribution in [-0.4, -0.2) is 63.2 Å². The summed E-state index contributed by atoms with van der Waals surface area (Å²) in [5.74, 6) is 0.774. The first-order chi connectivity index (χ1) is 15.2. The number of tetrazole rings is 1. The Morgan fingerprint density at radius 1 is 1.10 bits per heavy atom. The zero-order valence-corrected chi connectivity index (χ0v) is 17.9. The fraction of sp³-hybridized carbons (Fsp3) is 0.381. The standard InChI is InChI=1S/C21H22N6O3S/c1-30-17-6-3-2-5-15(17)26-19(28)13-16(21(26)29)25-10-8-14(9-11-25)27-23-20(22-24-27)18-7-4-12-31-18/h2-7,12,14,16H,8-11,13H2,1H3/t16-/m0/s1. The highest BCUT2D eigenvalue weighted by atomic mass is 32.1. The molecule has 4 heterocycles. The number of benzene rings is 1. The van der Waals surface area contributed by atoms with E-state index < -0.39 is 6.04 Å². The minimum absolute atomic E-state index is 0.134. The summed E-state index contributed by atoms with van der Waals surface area (Å²) in [6.07, 6.45) is 1.78. The molecule has 2 aliphatic heterocycles. The molecule has 9 nitrogen and oxygen atoms in total. The minimum atomic E-state index is -0.441. The number of carbonyl (C=O) groups excluding carboxylic acids is 2. The van der Waals surface area contributed by atoms with Gasteiger partial charge in [0.05, 0.1) is 36.2 Å². The summed E-state index contributed by atoms with van der Waals surface area (Å²) in [4.78, 5) is 31.9. The average molecular weight is 439 g/mol.